The Morgan fingerprint density at radius 3 is 2.33 bits per heavy atom. The Labute approximate surface area is 75.0 Å². The molecular weight excluding hydrogens is 152 g/mol. The molecule has 0 radical (unpaired) electrons. The van der Waals surface area contributed by atoms with Gasteiger partial charge in [0.05, 0.1) is 0 Å². The van der Waals surface area contributed by atoms with Gasteiger partial charge in [0.25, 0.3) is 0 Å². The molecule has 0 aliphatic carbocycles. The fourth-order valence-electron chi connectivity index (χ4n) is 0.948. The molecule has 0 spiro atoms. The number of hydrogen-bond donors (Lipinski definition) is 1. The summed E-state index contributed by atoms with van der Waals surface area (Å²) in [4.78, 5) is 9.32. The standard InChI is InChI=1S/C9H20N2O/c1-6-9(5,12-10)8(4)11-7(2)3/h7H,6,10H2,1-5H3. The first kappa shape index (κ1) is 11.6. The Bertz CT molecular complexity index is 160. The van der Waals surface area contributed by atoms with Gasteiger partial charge in [0, 0.05) is 11.8 Å². The lowest BCUT2D eigenvalue weighted by Gasteiger charge is -2.25. The normalized spacial score (nSPS) is 18.1. The van der Waals surface area contributed by atoms with Gasteiger partial charge >= 0.3 is 0 Å². The molecule has 3 nitrogen and oxygen atoms in total. The second kappa shape index (κ2) is 4.58. The Balaban J connectivity index is 4.51. The van der Waals surface area contributed by atoms with Crippen molar-refractivity contribution >= 4 is 5.71 Å². The largest absolute Gasteiger partial charge is 0.292 e. The van der Waals surface area contributed by atoms with Crippen molar-refractivity contribution in [2.75, 3.05) is 0 Å². The second-order valence-electron chi connectivity index (χ2n) is 3.51. The molecule has 2 N–H and O–H groups in total. The van der Waals surface area contributed by atoms with Crippen molar-refractivity contribution in [2.45, 2.75) is 52.7 Å². The number of hydrogen-bond acceptors (Lipinski definition) is 3. The van der Waals surface area contributed by atoms with Gasteiger partial charge < -0.3 is 0 Å². The summed E-state index contributed by atoms with van der Waals surface area (Å²) in [6.45, 7) is 10.0. The fraction of sp³-hybridized carbons (Fsp3) is 0.889. The van der Waals surface area contributed by atoms with Crippen LogP contribution in [0.15, 0.2) is 4.99 Å². The van der Waals surface area contributed by atoms with Crippen LogP contribution in [0.1, 0.15) is 41.0 Å². The SMILES string of the molecule is CCC(C)(ON)C(C)=NC(C)C. The molecule has 0 saturated heterocycles. The van der Waals surface area contributed by atoms with Crippen molar-refractivity contribution in [1.82, 2.24) is 0 Å². The lowest BCUT2D eigenvalue weighted by molar-refractivity contribution is 0.0166. The van der Waals surface area contributed by atoms with E-state index < -0.39 is 5.60 Å². The average molecular weight is 172 g/mol. The lowest BCUT2D eigenvalue weighted by Crippen LogP contribution is -2.39. The van der Waals surface area contributed by atoms with Crippen LogP contribution in [0.4, 0.5) is 0 Å². The van der Waals surface area contributed by atoms with Crippen LogP contribution in [-0.2, 0) is 4.84 Å². The third kappa shape index (κ3) is 2.91. The molecule has 0 aromatic rings. The Morgan fingerprint density at radius 2 is 2.08 bits per heavy atom. The van der Waals surface area contributed by atoms with Gasteiger partial charge in [-0.25, -0.2) is 5.90 Å². The maximum absolute atomic E-state index is 5.21. The van der Waals surface area contributed by atoms with Crippen LogP contribution in [0.5, 0.6) is 0 Å². The summed E-state index contributed by atoms with van der Waals surface area (Å²) in [6, 6.07) is 0.297. The maximum atomic E-state index is 5.21. The monoisotopic (exact) mass is 172 g/mol. The first-order valence-corrected chi connectivity index (χ1v) is 4.39. The van der Waals surface area contributed by atoms with E-state index in [2.05, 4.69) is 4.99 Å². The molecule has 0 aliphatic rings. The minimum absolute atomic E-state index is 0.297. The topological polar surface area (TPSA) is 47.6 Å². The van der Waals surface area contributed by atoms with Crippen molar-refractivity contribution in [3.8, 4) is 0 Å². The Hall–Kier alpha value is -0.410. The highest BCUT2D eigenvalue weighted by Crippen LogP contribution is 2.15. The van der Waals surface area contributed by atoms with Crippen LogP contribution in [0.2, 0.25) is 0 Å². The summed E-state index contributed by atoms with van der Waals surface area (Å²) >= 11 is 0. The van der Waals surface area contributed by atoms with Crippen LogP contribution in [0.3, 0.4) is 0 Å². The van der Waals surface area contributed by atoms with Crippen LogP contribution in [0, 0.1) is 0 Å². The molecule has 0 amide bonds. The van der Waals surface area contributed by atoms with Gasteiger partial charge in [-0.15, -0.1) is 0 Å². The summed E-state index contributed by atoms with van der Waals surface area (Å²) in [5, 5.41) is 0. The maximum Gasteiger partial charge on any atom is 0.123 e. The van der Waals surface area contributed by atoms with E-state index in [1.54, 1.807) is 0 Å². The molecule has 1 unspecified atom stereocenters. The van der Waals surface area contributed by atoms with Crippen LogP contribution in [0.25, 0.3) is 0 Å². The summed E-state index contributed by atoms with van der Waals surface area (Å²) in [5.74, 6) is 5.21. The molecular formula is C9H20N2O. The summed E-state index contributed by atoms with van der Waals surface area (Å²) in [7, 11) is 0. The molecule has 0 aliphatic heterocycles. The highest BCUT2D eigenvalue weighted by atomic mass is 16.6. The zero-order valence-electron chi connectivity index (χ0n) is 8.72. The van der Waals surface area contributed by atoms with Gasteiger partial charge in [0.1, 0.15) is 5.60 Å². The summed E-state index contributed by atoms with van der Waals surface area (Å²) in [5.41, 5.74) is 0.562. The molecule has 3 heteroatoms. The molecule has 0 fully saturated rings. The van der Waals surface area contributed by atoms with E-state index in [-0.39, 0.29) is 0 Å². The van der Waals surface area contributed by atoms with E-state index in [1.165, 1.54) is 0 Å². The minimum atomic E-state index is -0.399. The van der Waals surface area contributed by atoms with Gasteiger partial charge in [-0.2, -0.15) is 0 Å². The van der Waals surface area contributed by atoms with Crippen LogP contribution >= 0.6 is 0 Å². The van der Waals surface area contributed by atoms with Crippen LogP contribution < -0.4 is 5.90 Å². The zero-order valence-corrected chi connectivity index (χ0v) is 8.72. The fourth-order valence-corrected chi connectivity index (χ4v) is 0.948. The average Bonchev–Trinajstić information content (AvgIpc) is 2.02. The molecule has 0 aromatic carbocycles. The van der Waals surface area contributed by atoms with Crippen molar-refractivity contribution in [3.63, 3.8) is 0 Å². The minimum Gasteiger partial charge on any atom is -0.292 e. The van der Waals surface area contributed by atoms with E-state index in [0.717, 1.165) is 12.1 Å². The third-order valence-corrected chi connectivity index (χ3v) is 2.15. The number of aliphatic imine (C=N–C) groups is 1. The first-order valence-electron chi connectivity index (χ1n) is 4.39. The van der Waals surface area contributed by atoms with Gasteiger partial charge in [-0.3, -0.25) is 9.83 Å². The van der Waals surface area contributed by atoms with Gasteiger partial charge in [-0.05, 0) is 34.1 Å². The van der Waals surface area contributed by atoms with E-state index in [4.69, 9.17) is 10.7 Å². The highest BCUT2D eigenvalue weighted by Gasteiger charge is 2.25. The summed E-state index contributed by atoms with van der Waals surface area (Å²) < 4.78 is 0. The second-order valence-corrected chi connectivity index (χ2v) is 3.51. The molecule has 0 aromatic heterocycles. The lowest BCUT2D eigenvalue weighted by atomic mass is 9.98. The predicted molar refractivity (Wildman–Crippen MR) is 52.2 cm³/mol. The summed E-state index contributed by atoms with van der Waals surface area (Å²) in [6.07, 6.45) is 0.839. The molecule has 0 heterocycles. The molecule has 72 valence electrons. The molecule has 12 heavy (non-hydrogen) atoms. The van der Waals surface area contributed by atoms with E-state index in [9.17, 15) is 0 Å². The smallest absolute Gasteiger partial charge is 0.123 e. The van der Waals surface area contributed by atoms with Gasteiger partial charge in [-0.1, -0.05) is 6.92 Å². The van der Waals surface area contributed by atoms with Gasteiger partial charge in [0.2, 0.25) is 0 Å². The Morgan fingerprint density at radius 1 is 1.58 bits per heavy atom. The van der Waals surface area contributed by atoms with Crippen molar-refractivity contribution in [3.05, 3.63) is 0 Å². The molecule has 0 bridgehead atoms. The van der Waals surface area contributed by atoms with Gasteiger partial charge in [0.15, 0.2) is 0 Å². The van der Waals surface area contributed by atoms with Crippen molar-refractivity contribution < 1.29 is 4.84 Å². The number of nitrogens with two attached hydrogens (primary N) is 1. The highest BCUT2D eigenvalue weighted by molar-refractivity contribution is 5.90. The molecule has 1 atom stereocenters. The molecule has 0 saturated carbocycles. The quantitative estimate of drug-likeness (QED) is 0.520. The van der Waals surface area contributed by atoms with E-state index in [1.807, 2.05) is 34.6 Å². The number of nitrogens with zero attached hydrogens (tertiary/aromatic N) is 1. The predicted octanol–water partition coefficient (Wildman–Crippen LogP) is 1.91. The number of rotatable bonds is 4. The van der Waals surface area contributed by atoms with Crippen molar-refractivity contribution in [2.24, 2.45) is 10.9 Å². The van der Waals surface area contributed by atoms with Crippen molar-refractivity contribution in [1.29, 1.82) is 0 Å². The van der Waals surface area contributed by atoms with Crippen LogP contribution in [-0.4, -0.2) is 17.4 Å². The van der Waals surface area contributed by atoms with E-state index in [0.29, 0.717) is 6.04 Å². The van der Waals surface area contributed by atoms with E-state index >= 15 is 0 Å². The first-order chi connectivity index (χ1) is 5.46. The zero-order chi connectivity index (χ0) is 9.78. The Kier molecular flexibility index (Phi) is 4.42. The third-order valence-electron chi connectivity index (χ3n) is 2.15. The molecule has 0 rings (SSSR count).